The Kier molecular flexibility index (Phi) is 5.75. The van der Waals surface area contributed by atoms with Gasteiger partial charge in [-0.05, 0) is 42.5 Å². The minimum atomic E-state index is 0.559. The Morgan fingerprint density at radius 3 is 2.59 bits per heavy atom. The summed E-state index contributed by atoms with van der Waals surface area (Å²) in [7, 11) is 3.25. The SMILES string of the molecule is COc1ccc(CCCCN=[N+]=[N-])cc1OC. The van der Waals surface area contributed by atoms with Crippen LogP contribution in [0.5, 0.6) is 11.5 Å². The van der Waals surface area contributed by atoms with Gasteiger partial charge in [0.15, 0.2) is 11.5 Å². The number of methoxy groups -OCH3 is 2. The molecule has 1 aromatic carbocycles. The summed E-state index contributed by atoms with van der Waals surface area (Å²) in [5.74, 6) is 1.49. The van der Waals surface area contributed by atoms with Crippen LogP contribution in [0.25, 0.3) is 10.4 Å². The van der Waals surface area contributed by atoms with Gasteiger partial charge in [-0.15, -0.1) is 0 Å². The molecule has 0 heterocycles. The first kappa shape index (κ1) is 13.2. The number of ether oxygens (including phenoxy) is 2. The smallest absolute Gasteiger partial charge is 0.160 e. The Labute approximate surface area is 101 Å². The Morgan fingerprint density at radius 2 is 1.94 bits per heavy atom. The van der Waals surface area contributed by atoms with Crippen molar-refractivity contribution in [1.82, 2.24) is 0 Å². The summed E-state index contributed by atoms with van der Waals surface area (Å²) in [5, 5.41) is 3.50. The zero-order chi connectivity index (χ0) is 12.5. The summed E-state index contributed by atoms with van der Waals surface area (Å²) in [6, 6.07) is 5.91. The van der Waals surface area contributed by atoms with E-state index in [-0.39, 0.29) is 0 Å². The number of unbranched alkanes of at least 4 members (excludes halogenated alkanes) is 1. The zero-order valence-corrected chi connectivity index (χ0v) is 10.2. The van der Waals surface area contributed by atoms with Gasteiger partial charge in [0, 0.05) is 11.5 Å². The molecule has 0 N–H and O–H groups in total. The molecule has 5 nitrogen and oxygen atoms in total. The van der Waals surface area contributed by atoms with Crippen LogP contribution < -0.4 is 9.47 Å². The van der Waals surface area contributed by atoms with E-state index in [1.54, 1.807) is 14.2 Å². The number of benzene rings is 1. The largest absolute Gasteiger partial charge is 0.493 e. The van der Waals surface area contributed by atoms with E-state index in [9.17, 15) is 0 Å². The predicted octanol–water partition coefficient (Wildman–Crippen LogP) is 3.34. The second-order valence-electron chi connectivity index (χ2n) is 3.60. The van der Waals surface area contributed by atoms with Crippen LogP contribution in [0.4, 0.5) is 0 Å². The maximum absolute atomic E-state index is 8.14. The molecule has 0 amide bonds. The van der Waals surface area contributed by atoms with Gasteiger partial charge in [0.05, 0.1) is 14.2 Å². The molecule has 1 rings (SSSR count). The minimum absolute atomic E-state index is 0.559. The van der Waals surface area contributed by atoms with Crippen molar-refractivity contribution >= 4 is 0 Å². The molecule has 0 saturated heterocycles. The van der Waals surface area contributed by atoms with E-state index >= 15 is 0 Å². The lowest BCUT2D eigenvalue weighted by Crippen LogP contribution is -1.93. The Balaban J connectivity index is 2.51. The van der Waals surface area contributed by atoms with Crippen molar-refractivity contribution in [3.8, 4) is 11.5 Å². The number of azide groups is 1. The highest BCUT2D eigenvalue weighted by atomic mass is 16.5. The molecule has 0 aromatic heterocycles. The van der Waals surface area contributed by atoms with Crippen LogP contribution in [0, 0.1) is 0 Å². The molecule has 0 aliphatic rings. The van der Waals surface area contributed by atoms with Gasteiger partial charge in [0.1, 0.15) is 0 Å². The number of hydrogen-bond acceptors (Lipinski definition) is 3. The van der Waals surface area contributed by atoms with Crippen LogP contribution in [-0.2, 0) is 6.42 Å². The fourth-order valence-electron chi connectivity index (χ4n) is 1.59. The molecule has 1 aromatic rings. The van der Waals surface area contributed by atoms with Crippen molar-refractivity contribution in [2.45, 2.75) is 19.3 Å². The topological polar surface area (TPSA) is 67.2 Å². The molecule has 0 radical (unpaired) electrons. The summed E-state index contributed by atoms with van der Waals surface area (Å²) < 4.78 is 10.4. The molecule has 0 atom stereocenters. The first-order valence-electron chi connectivity index (χ1n) is 5.53. The van der Waals surface area contributed by atoms with Crippen molar-refractivity contribution in [3.05, 3.63) is 34.2 Å². The molecule has 17 heavy (non-hydrogen) atoms. The van der Waals surface area contributed by atoms with E-state index < -0.39 is 0 Å². The quantitative estimate of drug-likeness (QED) is 0.315. The maximum atomic E-state index is 8.14. The molecule has 92 valence electrons. The number of rotatable bonds is 7. The van der Waals surface area contributed by atoms with Crippen LogP contribution >= 0.6 is 0 Å². The van der Waals surface area contributed by atoms with Gasteiger partial charge in [-0.3, -0.25) is 0 Å². The summed E-state index contributed by atoms with van der Waals surface area (Å²) >= 11 is 0. The number of nitrogens with zero attached hydrogens (tertiary/aromatic N) is 3. The van der Waals surface area contributed by atoms with E-state index in [1.807, 2.05) is 18.2 Å². The lowest BCUT2D eigenvalue weighted by molar-refractivity contribution is 0.354. The van der Waals surface area contributed by atoms with Crippen LogP contribution in [0.3, 0.4) is 0 Å². The second-order valence-corrected chi connectivity index (χ2v) is 3.60. The van der Waals surface area contributed by atoms with Crippen molar-refractivity contribution < 1.29 is 9.47 Å². The van der Waals surface area contributed by atoms with Gasteiger partial charge in [0.25, 0.3) is 0 Å². The van der Waals surface area contributed by atoms with E-state index in [4.69, 9.17) is 15.0 Å². The van der Waals surface area contributed by atoms with Crippen molar-refractivity contribution in [2.75, 3.05) is 20.8 Å². The van der Waals surface area contributed by atoms with Crippen LogP contribution in [-0.4, -0.2) is 20.8 Å². The second kappa shape index (κ2) is 7.41. The van der Waals surface area contributed by atoms with Gasteiger partial charge in [-0.25, -0.2) is 0 Å². The van der Waals surface area contributed by atoms with Crippen LogP contribution in [0.2, 0.25) is 0 Å². The molecule has 0 unspecified atom stereocenters. The first-order chi connectivity index (χ1) is 8.31. The summed E-state index contributed by atoms with van der Waals surface area (Å²) in [6.07, 6.45) is 2.84. The highest BCUT2D eigenvalue weighted by molar-refractivity contribution is 5.42. The normalized spacial score (nSPS) is 9.53. The predicted molar refractivity (Wildman–Crippen MR) is 66.5 cm³/mol. The summed E-state index contributed by atoms with van der Waals surface area (Å²) in [4.78, 5) is 2.72. The lowest BCUT2D eigenvalue weighted by Gasteiger charge is -2.09. The third kappa shape index (κ3) is 4.25. The van der Waals surface area contributed by atoms with Crippen LogP contribution in [0.15, 0.2) is 23.3 Å². The van der Waals surface area contributed by atoms with Gasteiger partial charge >= 0.3 is 0 Å². The third-order valence-electron chi connectivity index (χ3n) is 2.48. The fraction of sp³-hybridized carbons (Fsp3) is 0.500. The van der Waals surface area contributed by atoms with Crippen molar-refractivity contribution in [1.29, 1.82) is 0 Å². The third-order valence-corrected chi connectivity index (χ3v) is 2.48. The molecular weight excluding hydrogens is 218 g/mol. The molecule has 0 saturated carbocycles. The average molecular weight is 235 g/mol. The molecule has 0 fully saturated rings. The maximum Gasteiger partial charge on any atom is 0.160 e. The molecule has 0 aliphatic heterocycles. The van der Waals surface area contributed by atoms with Crippen molar-refractivity contribution in [2.24, 2.45) is 5.11 Å². The number of aryl methyl sites for hydroxylation is 1. The summed E-state index contributed by atoms with van der Waals surface area (Å²) in [5.41, 5.74) is 9.33. The molecule has 0 spiro atoms. The standard InChI is InChI=1S/C12H17N3O2/c1-16-11-7-6-10(9-12(11)17-2)5-3-4-8-14-15-13/h6-7,9H,3-5,8H2,1-2H3. The monoisotopic (exact) mass is 235 g/mol. The molecular formula is C12H17N3O2. The van der Waals surface area contributed by atoms with Gasteiger partial charge in [0.2, 0.25) is 0 Å². The minimum Gasteiger partial charge on any atom is -0.493 e. The number of hydrogen-bond donors (Lipinski definition) is 0. The highest BCUT2D eigenvalue weighted by Crippen LogP contribution is 2.28. The van der Waals surface area contributed by atoms with Gasteiger partial charge in [-0.2, -0.15) is 0 Å². The Morgan fingerprint density at radius 1 is 1.18 bits per heavy atom. The average Bonchev–Trinajstić information content (AvgIpc) is 2.38. The van der Waals surface area contributed by atoms with E-state index in [2.05, 4.69) is 10.0 Å². The first-order valence-corrected chi connectivity index (χ1v) is 5.53. The lowest BCUT2D eigenvalue weighted by atomic mass is 10.1. The zero-order valence-electron chi connectivity index (χ0n) is 10.2. The van der Waals surface area contributed by atoms with E-state index in [0.717, 1.165) is 30.8 Å². The van der Waals surface area contributed by atoms with Crippen molar-refractivity contribution in [3.63, 3.8) is 0 Å². The molecule has 0 bridgehead atoms. The Hall–Kier alpha value is -1.87. The molecule has 5 heteroatoms. The highest BCUT2D eigenvalue weighted by Gasteiger charge is 2.03. The fourth-order valence-corrected chi connectivity index (χ4v) is 1.59. The van der Waals surface area contributed by atoms with Gasteiger partial charge < -0.3 is 9.47 Å². The van der Waals surface area contributed by atoms with E-state index in [0.29, 0.717) is 6.54 Å². The van der Waals surface area contributed by atoms with E-state index in [1.165, 1.54) is 5.56 Å². The Bertz CT molecular complexity index is 401. The van der Waals surface area contributed by atoms with Crippen LogP contribution in [0.1, 0.15) is 18.4 Å². The molecule has 0 aliphatic carbocycles. The summed E-state index contributed by atoms with van der Waals surface area (Å²) in [6.45, 7) is 0.559. The van der Waals surface area contributed by atoms with Gasteiger partial charge in [-0.1, -0.05) is 11.2 Å².